The Labute approximate surface area is 291 Å². The summed E-state index contributed by atoms with van der Waals surface area (Å²) in [4.78, 5) is 34.8. The third-order valence-electron chi connectivity index (χ3n) is 6.56. The summed E-state index contributed by atoms with van der Waals surface area (Å²) in [5.41, 5.74) is -1.96. The number of aromatic nitrogens is 5. The van der Waals surface area contributed by atoms with Crippen LogP contribution in [0.3, 0.4) is 0 Å². The van der Waals surface area contributed by atoms with Crippen LogP contribution in [0.5, 0.6) is 0 Å². The molecule has 0 saturated carbocycles. The number of carboxylic acids is 1. The van der Waals surface area contributed by atoms with E-state index in [0.29, 0.717) is 6.07 Å². The first-order chi connectivity index (χ1) is 23.7. The zero-order valence-electron chi connectivity index (χ0n) is 25.1. The molecule has 0 aliphatic rings. The smallest absolute Gasteiger partial charge is 0.337 e. The molecule has 5 rings (SSSR count). The Bertz CT molecular complexity index is 2650. The summed E-state index contributed by atoms with van der Waals surface area (Å²) in [5, 5.41) is 24.8. The zero-order chi connectivity index (χ0) is 37.5. The molecule has 0 unspecified atom stereocenters. The minimum absolute atomic E-state index is 0.0374. The number of nitrogens with zero attached hydrogens (tertiary/aromatic N) is 6. The summed E-state index contributed by atoms with van der Waals surface area (Å²) in [7, 11) is -14.1. The Balaban J connectivity index is 1.46. The fourth-order valence-corrected chi connectivity index (χ4v) is 6.03. The predicted molar refractivity (Wildman–Crippen MR) is 176 cm³/mol. The van der Waals surface area contributed by atoms with Crippen LogP contribution in [0.4, 0.5) is 34.6 Å². The summed E-state index contributed by atoms with van der Waals surface area (Å²) in [6.07, 6.45) is 0. The monoisotopic (exact) mass is 781 g/mol. The molecule has 51 heavy (non-hydrogen) atoms. The number of benzene rings is 3. The number of aromatic carboxylic acids is 1. The molecule has 0 bridgehead atoms. The highest BCUT2D eigenvalue weighted by atomic mass is 35.5. The van der Waals surface area contributed by atoms with Crippen molar-refractivity contribution in [3.8, 4) is 5.69 Å². The highest BCUT2D eigenvalue weighted by Crippen LogP contribution is 2.31. The summed E-state index contributed by atoms with van der Waals surface area (Å²) < 4.78 is 99.1. The van der Waals surface area contributed by atoms with E-state index in [0.717, 1.165) is 41.1 Å². The lowest BCUT2D eigenvalue weighted by molar-refractivity contribution is 0.0697. The van der Waals surface area contributed by atoms with Crippen molar-refractivity contribution < 1.29 is 48.8 Å². The molecule has 0 aliphatic carbocycles. The molecule has 2 heterocycles. The average Bonchev–Trinajstić information content (AvgIpc) is 3.30. The number of halogens is 1. The van der Waals surface area contributed by atoms with Crippen molar-refractivity contribution in [1.29, 1.82) is 0 Å². The van der Waals surface area contributed by atoms with Gasteiger partial charge in [-0.2, -0.15) is 40.2 Å². The summed E-state index contributed by atoms with van der Waals surface area (Å²) in [5.74, 6) is -2.18. The van der Waals surface area contributed by atoms with E-state index in [4.69, 9.17) is 11.6 Å². The summed E-state index contributed by atoms with van der Waals surface area (Å²) in [6, 6.07) is 10.4. The van der Waals surface area contributed by atoms with Gasteiger partial charge in [0.15, 0.2) is 5.69 Å². The van der Waals surface area contributed by atoms with E-state index in [1.54, 1.807) is 0 Å². The van der Waals surface area contributed by atoms with Crippen molar-refractivity contribution in [2.45, 2.75) is 21.6 Å². The Morgan fingerprint density at radius 1 is 0.804 bits per heavy atom. The molecule has 2 aromatic heterocycles. The maximum absolute atomic E-state index is 13.1. The van der Waals surface area contributed by atoms with Gasteiger partial charge in [-0.15, -0.1) is 10.2 Å². The number of nitrogens with one attached hydrogen (secondary N) is 3. The van der Waals surface area contributed by atoms with Crippen molar-refractivity contribution in [3.63, 3.8) is 0 Å². The van der Waals surface area contributed by atoms with Gasteiger partial charge in [-0.05, 0) is 79.2 Å². The first-order valence-corrected chi connectivity index (χ1v) is 18.1. The van der Waals surface area contributed by atoms with Gasteiger partial charge < -0.3 is 15.7 Å². The standard InChI is InChI=1S/C26H20ClN9O12S3/c1-12-21(22(37)36(35-12)14-3-5-15(6-4-14)49(40,41)42)34-33-19-10-13(2-9-20(19)51(46,47)48)28-25-30-24(27)31-26(32-25)29-18-8-7-16(50(43,44)45)11-17(18)23(38)39/h2-11,35H,1H3,(H,38,39)(H,40,41,42)(H,43,44,45)(H,46,47,48)(H2,28,29,30,31,32). The Morgan fingerprint density at radius 2 is 1.41 bits per heavy atom. The molecule has 0 atom stereocenters. The molecule has 0 radical (unpaired) electrons. The second kappa shape index (κ2) is 13.6. The Hall–Kier alpha value is -5.63. The SMILES string of the molecule is Cc1[nH]n(-c2ccc(S(=O)(=O)O)cc2)c(=O)c1N=Nc1cc(Nc2nc(Cl)nc(Nc3ccc(S(=O)(=O)O)cc3C(=O)O)n2)ccc1S(=O)(=O)O. The van der Waals surface area contributed by atoms with Gasteiger partial charge in [0.2, 0.25) is 17.2 Å². The first kappa shape index (κ1) is 36.6. The van der Waals surface area contributed by atoms with Crippen LogP contribution in [-0.4, -0.2) is 74.7 Å². The van der Waals surface area contributed by atoms with Gasteiger partial charge in [-0.3, -0.25) is 23.6 Å². The maximum atomic E-state index is 13.1. The fraction of sp³-hybridized carbons (Fsp3) is 0.0385. The lowest BCUT2D eigenvalue weighted by atomic mass is 10.2. The largest absolute Gasteiger partial charge is 0.478 e. The molecule has 0 saturated heterocycles. The van der Waals surface area contributed by atoms with Crippen LogP contribution < -0.4 is 16.2 Å². The molecule has 0 amide bonds. The van der Waals surface area contributed by atoms with E-state index in [-0.39, 0.29) is 40.3 Å². The number of aryl methyl sites for hydroxylation is 1. The lowest BCUT2D eigenvalue weighted by Crippen LogP contribution is -2.14. The van der Waals surface area contributed by atoms with Crippen LogP contribution in [0.15, 0.2) is 90.4 Å². The predicted octanol–water partition coefficient (Wildman–Crippen LogP) is 3.65. The maximum Gasteiger partial charge on any atom is 0.337 e. The van der Waals surface area contributed by atoms with Crippen molar-refractivity contribution >= 4 is 82.6 Å². The number of carbonyl (C=O) groups is 1. The van der Waals surface area contributed by atoms with Gasteiger partial charge in [0.05, 0.1) is 32.4 Å². The van der Waals surface area contributed by atoms with Gasteiger partial charge in [-0.25, -0.2) is 9.48 Å². The number of anilines is 4. The van der Waals surface area contributed by atoms with Crippen LogP contribution in [0.25, 0.3) is 5.69 Å². The second-order valence-corrected chi connectivity index (χ2v) is 14.6. The number of H-pyrrole nitrogens is 1. The molecule has 25 heteroatoms. The van der Waals surface area contributed by atoms with Crippen LogP contribution in [0.2, 0.25) is 5.28 Å². The summed E-state index contributed by atoms with van der Waals surface area (Å²) >= 11 is 6.02. The quantitative estimate of drug-likeness (QED) is 0.0742. The van der Waals surface area contributed by atoms with E-state index in [1.807, 2.05) is 0 Å². The van der Waals surface area contributed by atoms with Gasteiger partial charge in [-0.1, -0.05) is 0 Å². The fourth-order valence-electron chi connectivity index (χ4n) is 4.28. The van der Waals surface area contributed by atoms with E-state index in [2.05, 4.69) is 40.9 Å². The topological polar surface area (TPSA) is 326 Å². The second-order valence-electron chi connectivity index (χ2n) is 10.0. The molecule has 3 aromatic carbocycles. The molecule has 0 aliphatic heterocycles. The van der Waals surface area contributed by atoms with Crippen molar-refractivity contribution in [1.82, 2.24) is 24.7 Å². The number of carboxylic acid groups (broad SMARTS) is 1. The van der Waals surface area contributed by atoms with Crippen LogP contribution in [0.1, 0.15) is 16.1 Å². The lowest BCUT2D eigenvalue weighted by Gasteiger charge is -2.11. The van der Waals surface area contributed by atoms with E-state index in [9.17, 15) is 53.6 Å². The molecule has 0 fully saturated rings. The van der Waals surface area contributed by atoms with E-state index >= 15 is 0 Å². The molecule has 0 spiro atoms. The summed E-state index contributed by atoms with van der Waals surface area (Å²) in [6.45, 7) is 1.44. The molecular weight excluding hydrogens is 762 g/mol. The molecule has 266 valence electrons. The van der Waals surface area contributed by atoms with Gasteiger partial charge in [0.1, 0.15) is 10.6 Å². The van der Waals surface area contributed by atoms with Crippen LogP contribution in [-0.2, 0) is 30.4 Å². The van der Waals surface area contributed by atoms with Crippen molar-refractivity contribution in [2.24, 2.45) is 10.2 Å². The van der Waals surface area contributed by atoms with Gasteiger partial charge >= 0.3 is 5.97 Å². The molecule has 7 N–H and O–H groups in total. The Kier molecular flexibility index (Phi) is 9.76. The first-order valence-electron chi connectivity index (χ1n) is 13.4. The van der Waals surface area contributed by atoms with Gasteiger partial charge in [0, 0.05) is 5.69 Å². The van der Waals surface area contributed by atoms with Crippen LogP contribution >= 0.6 is 11.6 Å². The van der Waals surface area contributed by atoms with Crippen molar-refractivity contribution in [3.05, 3.63) is 87.6 Å². The number of hydrogen-bond acceptors (Lipinski definition) is 15. The molecular formula is C26H20ClN9O12S3. The number of aromatic amines is 1. The Morgan fingerprint density at radius 3 is 2.00 bits per heavy atom. The zero-order valence-corrected chi connectivity index (χ0v) is 28.3. The van der Waals surface area contributed by atoms with Gasteiger partial charge in [0.25, 0.3) is 35.9 Å². The molecule has 5 aromatic rings. The minimum Gasteiger partial charge on any atom is -0.478 e. The van der Waals surface area contributed by atoms with Crippen LogP contribution in [0, 0.1) is 6.92 Å². The third kappa shape index (κ3) is 8.40. The van der Waals surface area contributed by atoms with E-state index in [1.165, 1.54) is 25.1 Å². The average molecular weight is 782 g/mol. The number of rotatable bonds is 11. The highest BCUT2D eigenvalue weighted by Gasteiger charge is 2.20. The van der Waals surface area contributed by atoms with Crippen molar-refractivity contribution in [2.75, 3.05) is 10.6 Å². The third-order valence-corrected chi connectivity index (χ3v) is 9.35. The normalized spacial score (nSPS) is 12.3. The number of hydrogen-bond donors (Lipinski definition) is 7. The minimum atomic E-state index is -4.89. The van der Waals surface area contributed by atoms with E-state index < -0.39 is 73.1 Å². The molecule has 21 nitrogen and oxygen atoms in total. The number of azo groups is 1. The highest BCUT2D eigenvalue weighted by molar-refractivity contribution is 7.86.